The second-order valence-electron chi connectivity index (χ2n) is 4.63. The van der Waals surface area contributed by atoms with Crippen molar-refractivity contribution in [1.82, 2.24) is 5.32 Å². The molecule has 0 saturated heterocycles. The Morgan fingerprint density at radius 2 is 2.21 bits per heavy atom. The molecule has 19 heavy (non-hydrogen) atoms. The number of rotatable bonds is 6. The van der Waals surface area contributed by atoms with E-state index in [0.717, 1.165) is 6.42 Å². The second-order valence-corrected chi connectivity index (χ2v) is 5.41. The van der Waals surface area contributed by atoms with Crippen LogP contribution in [0.5, 0.6) is 0 Å². The normalized spacial score (nSPS) is 14.2. The fourth-order valence-electron chi connectivity index (χ4n) is 2.03. The van der Waals surface area contributed by atoms with Crippen LogP contribution < -0.4 is 5.32 Å². The first-order valence-electron chi connectivity index (χ1n) is 6.16. The molecule has 2 atom stereocenters. The highest BCUT2D eigenvalue weighted by atomic mass is 32.1. The Labute approximate surface area is 116 Å². The van der Waals surface area contributed by atoms with Gasteiger partial charge in [0.05, 0.1) is 6.04 Å². The second kappa shape index (κ2) is 6.04. The largest absolute Gasteiger partial charge is 0.475 e. The van der Waals surface area contributed by atoms with E-state index >= 15 is 0 Å². The lowest BCUT2D eigenvalue weighted by atomic mass is 10.1. The topological polar surface area (TPSA) is 62.5 Å². The maximum absolute atomic E-state index is 10.8. The van der Waals surface area contributed by atoms with Crippen LogP contribution in [0.4, 0.5) is 0 Å². The van der Waals surface area contributed by atoms with Crippen LogP contribution in [0.25, 0.3) is 0 Å². The molecule has 0 aliphatic carbocycles. The van der Waals surface area contributed by atoms with Crippen LogP contribution in [0.3, 0.4) is 0 Å². The van der Waals surface area contributed by atoms with Crippen LogP contribution in [-0.4, -0.2) is 17.1 Å². The van der Waals surface area contributed by atoms with Crippen molar-refractivity contribution in [1.29, 1.82) is 0 Å². The van der Waals surface area contributed by atoms with Gasteiger partial charge in [0.2, 0.25) is 5.76 Å². The maximum atomic E-state index is 10.8. The molecule has 4 nitrogen and oxygen atoms in total. The van der Waals surface area contributed by atoms with E-state index in [4.69, 9.17) is 9.52 Å². The Balaban J connectivity index is 1.92. The zero-order chi connectivity index (χ0) is 13.8. The molecule has 0 amide bonds. The third-order valence-corrected chi connectivity index (χ3v) is 3.65. The predicted octanol–water partition coefficient (Wildman–Crippen LogP) is 3.32. The van der Waals surface area contributed by atoms with Crippen LogP contribution in [0, 0.1) is 0 Å². The molecule has 102 valence electrons. The summed E-state index contributed by atoms with van der Waals surface area (Å²) in [5, 5.41) is 16.4. The fraction of sp³-hybridized carbons (Fsp3) is 0.357. The summed E-state index contributed by atoms with van der Waals surface area (Å²) in [4.78, 5) is 10.8. The molecule has 5 heteroatoms. The molecule has 0 bridgehead atoms. The van der Waals surface area contributed by atoms with Gasteiger partial charge in [-0.1, -0.05) is 0 Å². The van der Waals surface area contributed by atoms with Crippen molar-refractivity contribution in [2.24, 2.45) is 0 Å². The summed E-state index contributed by atoms with van der Waals surface area (Å²) < 4.78 is 5.28. The Morgan fingerprint density at radius 1 is 1.42 bits per heavy atom. The van der Waals surface area contributed by atoms with Gasteiger partial charge in [-0.3, -0.25) is 0 Å². The van der Waals surface area contributed by atoms with Crippen LogP contribution in [0.1, 0.15) is 41.8 Å². The summed E-state index contributed by atoms with van der Waals surface area (Å²) in [6.45, 7) is 4.07. The summed E-state index contributed by atoms with van der Waals surface area (Å²) >= 11 is 1.69. The first kappa shape index (κ1) is 13.8. The molecule has 2 N–H and O–H groups in total. The third kappa shape index (κ3) is 3.68. The number of nitrogens with one attached hydrogen (secondary N) is 1. The number of hydrogen-bond donors (Lipinski definition) is 2. The molecular formula is C14H17NO3S. The molecule has 2 aromatic rings. The van der Waals surface area contributed by atoms with Crippen LogP contribution in [0.2, 0.25) is 0 Å². The standard InChI is InChI=1S/C14H17NO3S/c1-9(7-11-5-6-19-8-11)15-10(2)12-3-4-13(18-12)14(16)17/h3-6,8-10,15H,7H2,1-2H3,(H,16,17). The Kier molecular flexibility index (Phi) is 4.39. The van der Waals surface area contributed by atoms with Gasteiger partial charge >= 0.3 is 5.97 Å². The van der Waals surface area contributed by atoms with E-state index in [1.165, 1.54) is 11.6 Å². The number of thiophene rings is 1. The molecule has 0 saturated carbocycles. The summed E-state index contributed by atoms with van der Waals surface area (Å²) in [5.74, 6) is -0.409. The number of carboxylic acids is 1. The summed E-state index contributed by atoms with van der Waals surface area (Å²) in [7, 11) is 0. The monoisotopic (exact) mass is 279 g/mol. The van der Waals surface area contributed by atoms with Crippen molar-refractivity contribution in [2.45, 2.75) is 32.4 Å². The zero-order valence-corrected chi connectivity index (χ0v) is 11.7. The lowest BCUT2D eigenvalue weighted by Crippen LogP contribution is -2.30. The van der Waals surface area contributed by atoms with Crippen molar-refractivity contribution in [3.8, 4) is 0 Å². The molecule has 0 fully saturated rings. The minimum Gasteiger partial charge on any atom is -0.475 e. The average Bonchev–Trinajstić information content (AvgIpc) is 2.98. The van der Waals surface area contributed by atoms with Gasteiger partial charge in [-0.2, -0.15) is 11.3 Å². The van der Waals surface area contributed by atoms with Gasteiger partial charge < -0.3 is 14.8 Å². The third-order valence-electron chi connectivity index (χ3n) is 2.92. The Morgan fingerprint density at radius 3 is 2.79 bits per heavy atom. The van der Waals surface area contributed by atoms with E-state index in [2.05, 4.69) is 29.1 Å². The molecule has 0 spiro atoms. The highest BCUT2D eigenvalue weighted by Gasteiger charge is 2.16. The summed E-state index contributed by atoms with van der Waals surface area (Å²) in [6.07, 6.45) is 0.945. The van der Waals surface area contributed by atoms with Gasteiger partial charge in [0.25, 0.3) is 0 Å². The van der Waals surface area contributed by atoms with Gasteiger partial charge in [-0.25, -0.2) is 4.79 Å². The van der Waals surface area contributed by atoms with E-state index in [-0.39, 0.29) is 11.8 Å². The van der Waals surface area contributed by atoms with Gasteiger partial charge in [-0.15, -0.1) is 0 Å². The molecule has 2 unspecified atom stereocenters. The van der Waals surface area contributed by atoms with E-state index in [0.29, 0.717) is 11.8 Å². The quantitative estimate of drug-likeness (QED) is 0.851. The number of carbonyl (C=O) groups is 1. The Bertz CT molecular complexity index is 533. The van der Waals surface area contributed by atoms with Crippen molar-refractivity contribution in [3.05, 3.63) is 46.0 Å². The molecule has 0 aromatic carbocycles. The minimum atomic E-state index is -1.04. The highest BCUT2D eigenvalue weighted by Crippen LogP contribution is 2.18. The SMILES string of the molecule is CC(Cc1ccsc1)NC(C)c1ccc(C(=O)O)o1. The van der Waals surface area contributed by atoms with Crippen molar-refractivity contribution < 1.29 is 14.3 Å². The number of aromatic carboxylic acids is 1. The zero-order valence-electron chi connectivity index (χ0n) is 10.9. The lowest BCUT2D eigenvalue weighted by molar-refractivity contribution is 0.0659. The molecule has 0 aliphatic rings. The van der Waals surface area contributed by atoms with E-state index in [9.17, 15) is 4.79 Å². The molecule has 0 aliphatic heterocycles. The molecule has 2 rings (SSSR count). The summed E-state index contributed by atoms with van der Waals surface area (Å²) in [6, 6.07) is 5.59. The molecule has 0 radical (unpaired) electrons. The maximum Gasteiger partial charge on any atom is 0.371 e. The van der Waals surface area contributed by atoms with Gasteiger partial charge in [-0.05, 0) is 54.8 Å². The van der Waals surface area contributed by atoms with Crippen LogP contribution in [-0.2, 0) is 6.42 Å². The van der Waals surface area contributed by atoms with Crippen LogP contribution >= 0.6 is 11.3 Å². The fourth-order valence-corrected chi connectivity index (χ4v) is 2.71. The molecular weight excluding hydrogens is 262 g/mol. The average molecular weight is 279 g/mol. The minimum absolute atomic E-state index is 0.0123. The van der Waals surface area contributed by atoms with E-state index in [1.807, 2.05) is 6.92 Å². The smallest absolute Gasteiger partial charge is 0.371 e. The van der Waals surface area contributed by atoms with E-state index in [1.54, 1.807) is 17.4 Å². The molecule has 2 heterocycles. The number of carboxylic acid groups (broad SMARTS) is 1. The van der Waals surface area contributed by atoms with Gasteiger partial charge in [0.1, 0.15) is 5.76 Å². The van der Waals surface area contributed by atoms with Crippen LogP contribution in [0.15, 0.2) is 33.4 Å². The first-order chi connectivity index (χ1) is 9.06. The number of furan rings is 1. The molecule has 2 aromatic heterocycles. The van der Waals surface area contributed by atoms with Crippen molar-refractivity contribution in [2.75, 3.05) is 0 Å². The van der Waals surface area contributed by atoms with E-state index < -0.39 is 5.97 Å². The van der Waals surface area contributed by atoms with Crippen molar-refractivity contribution in [3.63, 3.8) is 0 Å². The highest BCUT2D eigenvalue weighted by molar-refractivity contribution is 7.07. The van der Waals surface area contributed by atoms with Gasteiger partial charge in [0.15, 0.2) is 0 Å². The van der Waals surface area contributed by atoms with Gasteiger partial charge in [0, 0.05) is 6.04 Å². The van der Waals surface area contributed by atoms with Crippen molar-refractivity contribution >= 4 is 17.3 Å². The summed E-state index contributed by atoms with van der Waals surface area (Å²) in [5.41, 5.74) is 1.31. The Hall–Kier alpha value is -1.59. The predicted molar refractivity (Wildman–Crippen MR) is 74.7 cm³/mol. The number of hydrogen-bond acceptors (Lipinski definition) is 4. The lowest BCUT2D eigenvalue weighted by Gasteiger charge is -2.18. The first-order valence-corrected chi connectivity index (χ1v) is 7.10.